The van der Waals surface area contributed by atoms with Crippen molar-refractivity contribution in [2.45, 2.75) is 46.1 Å². The Balaban J connectivity index is 1.59. The van der Waals surface area contributed by atoms with Gasteiger partial charge in [0, 0.05) is 30.2 Å². The third-order valence-electron chi connectivity index (χ3n) is 4.65. The molecule has 1 aromatic heterocycles. The molecule has 1 aliphatic heterocycles. The summed E-state index contributed by atoms with van der Waals surface area (Å²) in [5, 5.41) is 6.60. The third-order valence-corrected chi connectivity index (χ3v) is 5.47. The summed E-state index contributed by atoms with van der Waals surface area (Å²) in [5.41, 5.74) is 4.64. The van der Waals surface area contributed by atoms with Crippen molar-refractivity contribution in [3.8, 4) is 0 Å². The van der Waals surface area contributed by atoms with Gasteiger partial charge < -0.3 is 10.2 Å². The van der Waals surface area contributed by atoms with Crippen molar-refractivity contribution in [2.75, 3.05) is 18.4 Å². The first-order chi connectivity index (χ1) is 11.5. The van der Waals surface area contributed by atoms with Crippen molar-refractivity contribution in [1.29, 1.82) is 0 Å². The summed E-state index contributed by atoms with van der Waals surface area (Å²) in [6.45, 7) is 7.86. The number of likely N-dealkylation sites (tertiary alicyclic amines) is 1. The van der Waals surface area contributed by atoms with E-state index in [1.165, 1.54) is 11.1 Å². The van der Waals surface area contributed by atoms with Crippen LogP contribution in [0.15, 0.2) is 23.6 Å². The van der Waals surface area contributed by atoms with Gasteiger partial charge in [-0.3, -0.25) is 4.79 Å². The monoisotopic (exact) mass is 343 g/mol. The van der Waals surface area contributed by atoms with Gasteiger partial charge in [0.05, 0.1) is 17.1 Å². The molecule has 3 rings (SSSR count). The fourth-order valence-electron chi connectivity index (χ4n) is 3.14. The molecule has 0 unspecified atom stereocenters. The van der Waals surface area contributed by atoms with Crippen molar-refractivity contribution in [2.24, 2.45) is 0 Å². The second-order valence-corrected chi connectivity index (χ2v) is 7.72. The Bertz CT molecular complexity index is 725. The lowest BCUT2D eigenvalue weighted by Gasteiger charge is -2.33. The molecule has 24 heavy (non-hydrogen) atoms. The number of nitrogens with one attached hydrogen (secondary N) is 1. The Morgan fingerprint density at radius 3 is 2.88 bits per heavy atom. The Labute approximate surface area is 147 Å². The highest BCUT2D eigenvalue weighted by molar-refractivity contribution is 7.09. The number of anilines is 1. The van der Waals surface area contributed by atoms with Crippen LogP contribution in [0, 0.1) is 20.8 Å². The van der Waals surface area contributed by atoms with Crippen molar-refractivity contribution in [3.63, 3.8) is 0 Å². The molecule has 0 saturated carbocycles. The summed E-state index contributed by atoms with van der Waals surface area (Å²) in [6.07, 6.45) is 2.57. The lowest BCUT2D eigenvalue weighted by molar-refractivity contribution is -0.131. The van der Waals surface area contributed by atoms with Crippen LogP contribution in [-0.4, -0.2) is 34.9 Å². The fraction of sp³-hybridized carbons (Fsp3) is 0.474. The molecule has 0 radical (unpaired) electrons. The molecule has 1 N–H and O–H groups in total. The standard InChI is InChI=1S/C19H25N3OS/c1-13-6-7-16(9-14(13)2)21-17-5-4-8-22(11-17)19(23)10-18-12-24-15(3)20-18/h6-7,9,12,17,21H,4-5,8,10-11H2,1-3H3/t17-/m1/s1. The highest BCUT2D eigenvalue weighted by atomic mass is 32.1. The van der Waals surface area contributed by atoms with Crippen LogP contribution >= 0.6 is 11.3 Å². The molecule has 1 saturated heterocycles. The van der Waals surface area contributed by atoms with Crippen LogP contribution in [0.4, 0.5) is 5.69 Å². The van der Waals surface area contributed by atoms with E-state index in [2.05, 4.69) is 42.3 Å². The predicted molar refractivity (Wildman–Crippen MR) is 99.7 cm³/mol. The first-order valence-electron chi connectivity index (χ1n) is 8.54. The van der Waals surface area contributed by atoms with E-state index in [9.17, 15) is 4.79 Å². The van der Waals surface area contributed by atoms with Crippen molar-refractivity contribution in [3.05, 3.63) is 45.4 Å². The van der Waals surface area contributed by atoms with Crippen molar-refractivity contribution < 1.29 is 4.79 Å². The van der Waals surface area contributed by atoms with Crippen molar-refractivity contribution >= 4 is 22.9 Å². The second kappa shape index (κ2) is 7.34. The minimum atomic E-state index is 0.187. The Kier molecular flexibility index (Phi) is 5.19. The minimum absolute atomic E-state index is 0.187. The molecular weight excluding hydrogens is 318 g/mol. The molecule has 2 aromatic rings. The highest BCUT2D eigenvalue weighted by Gasteiger charge is 2.24. The molecule has 0 bridgehead atoms. The van der Waals surface area contributed by atoms with Gasteiger partial charge in [0.15, 0.2) is 0 Å². The summed E-state index contributed by atoms with van der Waals surface area (Å²) < 4.78 is 0. The van der Waals surface area contributed by atoms with E-state index >= 15 is 0 Å². The fourth-order valence-corrected chi connectivity index (χ4v) is 3.76. The zero-order valence-corrected chi connectivity index (χ0v) is 15.4. The quantitative estimate of drug-likeness (QED) is 0.920. The number of hydrogen-bond donors (Lipinski definition) is 1. The van der Waals surface area contributed by atoms with Gasteiger partial charge in [0.2, 0.25) is 5.91 Å². The number of hydrogen-bond acceptors (Lipinski definition) is 4. The number of piperidine rings is 1. The van der Waals surface area contributed by atoms with Crippen LogP contribution < -0.4 is 5.32 Å². The number of carbonyl (C=O) groups is 1. The summed E-state index contributed by atoms with van der Waals surface area (Å²) in [4.78, 5) is 18.9. The van der Waals surface area contributed by atoms with Crippen LogP contribution in [-0.2, 0) is 11.2 Å². The van der Waals surface area contributed by atoms with Gasteiger partial charge in [-0.05, 0) is 56.9 Å². The summed E-state index contributed by atoms with van der Waals surface area (Å²) in [6, 6.07) is 6.78. The molecule has 4 nitrogen and oxygen atoms in total. The average molecular weight is 343 g/mol. The normalized spacial score (nSPS) is 17.8. The Hall–Kier alpha value is -1.88. The lowest BCUT2D eigenvalue weighted by atomic mass is 10.0. The molecule has 128 valence electrons. The van der Waals surface area contributed by atoms with E-state index in [1.54, 1.807) is 11.3 Å². The maximum Gasteiger partial charge on any atom is 0.228 e. The number of thiazole rings is 1. The summed E-state index contributed by atoms with van der Waals surface area (Å²) >= 11 is 1.60. The molecule has 1 atom stereocenters. The van der Waals surface area contributed by atoms with Gasteiger partial charge in [-0.15, -0.1) is 11.3 Å². The number of aryl methyl sites for hydroxylation is 3. The number of benzene rings is 1. The van der Waals surface area contributed by atoms with Gasteiger partial charge >= 0.3 is 0 Å². The van der Waals surface area contributed by atoms with Crippen molar-refractivity contribution in [1.82, 2.24) is 9.88 Å². The smallest absolute Gasteiger partial charge is 0.228 e. The zero-order chi connectivity index (χ0) is 17.1. The highest BCUT2D eigenvalue weighted by Crippen LogP contribution is 2.20. The minimum Gasteiger partial charge on any atom is -0.381 e. The van der Waals surface area contributed by atoms with E-state index in [0.717, 1.165) is 42.3 Å². The first-order valence-corrected chi connectivity index (χ1v) is 9.42. The topological polar surface area (TPSA) is 45.2 Å². The predicted octanol–water partition coefficient (Wildman–Crippen LogP) is 3.71. The van der Waals surface area contributed by atoms with Crippen LogP contribution in [0.3, 0.4) is 0 Å². The van der Waals surface area contributed by atoms with Gasteiger partial charge in [-0.25, -0.2) is 4.98 Å². The summed E-state index contributed by atoms with van der Waals surface area (Å²) in [5.74, 6) is 0.187. The molecule has 0 spiro atoms. The lowest BCUT2D eigenvalue weighted by Crippen LogP contribution is -2.45. The number of nitrogens with zero attached hydrogens (tertiary/aromatic N) is 2. The number of amides is 1. The van der Waals surface area contributed by atoms with E-state index in [4.69, 9.17) is 0 Å². The van der Waals surface area contributed by atoms with E-state index < -0.39 is 0 Å². The maximum atomic E-state index is 12.5. The van der Waals surface area contributed by atoms with Crippen LogP contribution in [0.5, 0.6) is 0 Å². The molecule has 5 heteroatoms. The average Bonchev–Trinajstić information content (AvgIpc) is 2.96. The second-order valence-electron chi connectivity index (χ2n) is 6.66. The van der Waals surface area contributed by atoms with Gasteiger partial charge in [0.25, 0.3) is 0 Å². The van der Waals surface area contributed by atoms with Crippen LogP contribution in [0.2, 0.25) is 0 Å². The summed E-state index contributed by atoms with van der Waals surface area (Å²) in [7, 11) is 0. The molecule has 1 amide bonds. The molecular formula is C19H25N3OS. The first kappa shape index (κ1) is 17.0. The van der Waals surface area contributed by atoms with E-state index in [-0.39, 0.29) is 5.91 Å². The van der Waals surface area contributed by atoms with Gasteiger partial charge in [-0.1, -0.05) is 6.07 Å². The number of carbonyl (C=O) groups excluding carboxylic acids is 1. The number of rotatable bonds is 4. The van der Waals surface area contributed by atoms with E-state index in [1.807, 2.05) is 17.2 Å². The number of aromatic nitrogens is 1. The Morgan fingerprint density at radius 1 is 1.33 bits per heavy atom. The molecule has 0 aliphatic carbocycles. The van der Waals surface area contributed by atoms with Crippen LogP contribution in [0.25, 0.3) is 0 Å². The SMILES string of the molecule is Cc1nc(CC(=O)N2CCC[C@@H](Nc3ccc(C)c(C)c3)C2)cs1. The molecule has 1 fully saturated rings. The van der Waals surface area contributed by atoms with E-state index in [0.29, 0.717) is 12.5 Å². The Morgan fingerprint density at radius 2 is 2.17 bits per heavy atom. The maximum absolute atomic E-state index is 12.5. The zero-order valence-electron chi connectivity index (χ0n) is 14.6. The molecule has 1 aliphatic rings. The third kappa shape index (κ3) is 4.15. The van der Waals surface area contributed by atoms with Gasteiger partial charge in [0.1, 0.15) is 0 Å². The molecule has 1 aromatic carbocycles. The molecule has 2 heterocycles. The van der Waals surface area contributed by atoms with Gasteiger partial charge in [-0.2, -0.15) is 0 Å². The largest absolute Gasteiger partial charge is 0.381 e. The van der Waals surface area contributed by atoms with Crippen LogP contribution in [0.1, 0.15) is 34.7 Å².